The summed E-state index contributed by atoms with van der Waals surface area (Å²) in [5.74, 6) is -0.154. The molecule has 1 N–H and O–H groups in total. The molecule has 1 aromatic rings. The van der Waals surface area contributed by atoms with Crippen LogP contribution >= 0.6 is 0 Å². The molecule has 1 rings (SSSR count). The van der Waals surface area contributed by atoms with E-state index < -0.39 is 0 Å². The van der Waals surface area contributed by atoms with Gasteiger partial charge in [-0.3, -0.25) is 0 Å². The lowest BCUT2D eigenvalue weighted by molar-refractivity contribution is 0.402. The third-order valence-corrected chi connectivity index (χ3v) is 3.11. The van der Waals surface area contributed by atoms with Crippen LogP contribution in [0.2, 0.25) is 0 Å². The molecule has 0 saturated heterocycles. The Morgan fingerprint density at radius 2 is 1.82 bits per heavy atom. The standard InChI is InChI=1S/C15H24FN/c1-4-7-15(8-5-2)17-12(3)13-9-6-10-14(16)11-13/h6,9-12,15,17H,4-5,7-8H2,1-3H3/t12-/m0/s1. The van der Waals surface area contributed by atoms with Gasteiger partial charge in [0.25, 0.3) is 0 Å². The second-order valence-electron chi connectivity index (χ2n) is 4.72. The average Bonchev–Trinajstić information content (AvgIpc) is 2.29. The van der Waals surface area contributed by atoms with Gasteiger partial charge in [0.1, 0.15) is 5.82 Å². The lowest BCUT2D eigenvalue weighted by Crippen LogP contribution is -2.31. The van der Waals surface area contributed by atoms with Crippen LogP contribution in [0, 0.1) is 5.82 Å². The molecular formula is C15H24FN. The van der Waals surface area contributed by atoms with Gasteiger partial charge >= 0.3 is 0 Å². The minimum Gasteiger partial charge on any atom is -0.307 e. The molecule has 0 saturated carbocycles. The van der Waals surface area contributed by atoms with Crippen LogP contribution in [0.3, 0.4) is 0 Å². The minimum atomic E-state index is -0.154. The van der Waals surface area contributed by atoms with E-state index in [1.165, 1.54) is 31.7 Å². The van der Waals surface area contributed by atoms with E-state index in [2.05, 4.69) is 26.1 Å². The predicted octanol–water partition coefficient (Wildman–Crippen LogP) is 4.45. The molecule has 0 heterocycles. The molecule has 1 atom stereocenters. The first-order valence-corrected chi connectivity index (χ1v) is 6.68. The number of hydrogen-bond acceptors (Lipinski definition) is 1. The zero-order valence-electron chi connectivity index (χ0n) is 11.2. The number of hydrogen-bond donors (Lipinski definition) is 1. The summed E-state index contributed by atoms with van der Waals surface area (Å²) in [4.78, 5) is 0. The molecule has 0 aliphatic rings. The molecule has 0 amide bonds. The van der Waals surface area contributed by atoms with E-state index in [9.17, 15) is 4.39 Å². The highest BCUT2D eigenvalue weighted by Gasteiger charge is 2.12. The molecule has 0 radical (unpaired) electrons. The molecule has 0 aromatic heterocycles. The Hall–Kier alpha value is -0.890. The van der Waals surface area contributed by atoms with Gasteiger partial charge in [0.05, 0.1) is 0 Å². The summed E-state index contributed by atoms with van der Waals surface area (Å²) in [6.45, 7) is 6.52. The van der Waals surface area contributed by atoms with Gasteiger partial charge in [0, 0.05) is 12.1 Å². The zero-order chi connectivity index (χ0) is 12.7. The average molecular weight is 237 g/mol. The van der Waals surface area contributed by atoms with Gasteiger partial charge in [0.15, 0.2) is 0 Å². The van der Waals surface area contributed by atoms with Crippen molar-refractivity contribution in [2.45, 2.75) is 58.5 Å². The summed E-state index contributed by atoms with van der Waals surface area (Å²) in [7, 11) is 0. The van der Waals surface area contributed by atoms with Crippen LogP contribution in [0.4, 0.5) is 4.39 Å². The monoisotopic (exact) mass is 237 g/mol. The zero-order valence-corrected chi connectivity index (χ0v) is 11.2. The Bertz CT molecular complexity index is 318. The summed E-state index contributed by atoms with van der Waals surface area (Å²) >= 11 is 0. The lowest BCUT2D eigenvalue weighted by Gasteiger charge is -2.23. The van der Waals surface area contributed by atoms with E-state index in [1.807, 2.05) is 6.07 Å². The van der Waals surface area contributed by atoms with E-state index in [4.69, 9.17) is 0 Å². The summed E-state index contributed by atoms with van der Waals surface area (Å²) in [5, 5.41) is 3.60. The fraction of sp³-hybridized carbons (Fsp3) is 0.600. The van der Waals surface area contributed by atoms with Gasteiger partial charge in [-0.15, -0.1) is 0 Å². The van der Waals surface area contributed by atoms with Crippen molar-refractivity contribution < 1.29 is 4.39 Å². The molecule has 1 nitrogen and oxygen atoms in total. The molecule has 0 bridgehead atoms. The number of benzene rings is 1. The predicted molar refractivity (Wildman–Crippen MR) is 71.6 cm³/mol. The van der Waals surface area contributed by atoms with Crippen LogP contribution in [0.15, 0.2) is 24.3 Å². The van der Waals surface area contributed by atoms with E-state index in [-0.39, 0.29) is 11.9 Å². The Balaban J connectivity index is 2.59. The van der Waals surface area contributed by atoms with Crippen molar-refractivity contribution >= 4 is 0 Å². The summed E-state index contributed by atoms with van der Waals surface area (Å²) in [5.41, 5.74) is 1.03. The Labute approximate surface area is 104 Å². The Morgan fingerprint density at radius 3 is 2.35 bits per heavy atom. The largest absolute Gasteiger partial charge is 0.307 e. The van der Waals surface area contributed by atoms with Crippen molar-refractivity contribution in [2.75, 3.05) is 0 Å². The molecule has 0 fully saturated rings. The van der Waals surface area contributed by atoms with Crippen LogP contribution in [0.1, 0.15) is 58.1 Å². The minimum absolute atomic E-state index is 0.154. The summed E-state index contributed by atoms with van der Waals surface area (Å²) in [6, 6.07) is 7.63. The highest BCUT2D eigenvalue weighted by molar-refractivity contribution is 5.19. The SMILES string of the molecule is CCCC(CCC)N[C@@H](C)c1cccc(F)c1. The Morgan fingerprint density at radius 1 is 1.18 bits per heavy atom. The maximum Gasteiger partial charge on any atom is 0.123 e. The highest BCUT2D eigenvalue weighted by Crippen LogP contribution is 2.16. The molecule has 0 unspecified atom stereocenters. The summed E-state index contributed by atoms with van der Waals surface area (Å²) in [6.07, 6.45) is 4.75. The fourth-order valence-electron chi connectivity index (χ4n) is 2.23. The van der Waals surface area contributed by atoms with Crippen LogP contribution in [0.25, 0.3) is 0 Å². The molecule has 96 valence electrons. The molecule has 0 aliphatic heterocycles. The maximum absolute atomic E-state index is 13.1. The van der Waals surface area contributed by atoms with Crippen LogP contribution in [-0.2, 0) is 0 Å². The first-order valence-electron chi connectivity index (χ1n) is 6.68. The van der Waals surface area contributed by atoms with Gasteiger partial charge in [-0.2, -0.15) is 0 Å². The third kappa shape index (κ3) is 4.86. The van der Waals surface area contributed by atoms with Crippen molar-refractivity contribution in [3.63, 3.8) is 0 Å². The fourth-order valence-corrected chi connectivity index (χ4v) is 2.23. The topological polar surface area (TPSA) is 12.0 Å². The first kappa shape index (κ1) is 14.2. The van der Waals surface area contributed by atoms with E-state index in [1.54, 1.807) is 12.1 Å². The van der Waals surface area contributed by atoms with Gasteiger partial charge in [-0.05, 0) is 37.5 Å². The van der Waals surface area contributed by atoms with Gasteiger partial charge in [-0.1, -0.05) is 38.8 Å². The normalized spacial score (nSPS) is 13.0. The third-order valence-electron chi connectivity index (χ3n) is 3.11. The lowest BCUT2D eigenvalue weighted by atomic mass is 10.0. The van der Waals surface area contributed by atoms with Crippen molar-refractivity contribution in [2.24, 2.45) is 0 Å². The maximum atomic E-state index is 13.1. The van der Waals surface area contributed by atoms with Crippen molar-refractivity contribution in [3.8, 4) is 0 Å². The van der Waals surface area contributed by atoms with Gasteiger partial charge in [-0.25, -0.2) is 4.39 Å². The number of halogens is 1. The molecule has 0 spiro atoms. The second kappa shape index (κ2) is 7.44. The highest BCUT2D eigenvalue weighted by atomic mass is 19.1. The van der Waals surface area contributed by atoms with E-state index >= 15 is 0 Å². The van der Waals surface area contributed by atoms with Gasteiger partial charge < -0.3 is 5.32 Å². The Kier molecular flexibility index (Phi) is 6.20. The van der Waals surface area contributed by atoms with Crippen molar-refractivity contribution in [1.29, 1.82) is 0 Å². The second-order valence-corrected chi connectivity index (χ2v) is 4.72. The van der Waals surface area contributed by atoms with E-state index in [0.29, 0.717) is 6.04 Å². The molecule has 1 aromatic carbocycles. The summed E-state index contributed by atoms with van der Waals surface area (Å²) < 4.78 is 13.1. The number of rotatable bonds is 7. The molecule has 0 aliphatic carbocycles. The van der Waals surface area contributed by atoms with Crippen LogP contribution < -0.4 is 5.32 Å². The van der Waals surface area contributed by atoms with Crippen molar-refractivity contribution in [3.05, 3.63) is 35.6 Å². The molecular weight excluding hydrogens is 213 g/mol. The van der Waals surface area contributed by atoms with Gasteiger partial charge in [0.2, 0.25) is 0 Å². The van der Waals surface area contributed by atoms with Crippen molar-refractivity contribution in [1.82, 2.24) is 5.32 Å². The van der Waals surface area contributed by atoms with E-state index in [0.717, 1.165) is 5.56 Å². The smallest absolute Gasteiger partial charge is 0.123 e. The van der Waals surface area contributed by atoms with Crippen LogP contribution in [0.5, 0.6) is 0 Å². The number of nitrogens with one attached hydrogen (secondary N) is 1. The first-order chi connectivity index (χ1) is 8.17. The quantitative estimate of drug-likeness (QED) is 0.739. The molecule has 2 heteroatoms. The van der Waals surface area contributed by atoms with Crippen LogP contribution in [-0.4, -0.2) is 6.04 Å². The molecule has 17 heavy (non-hydrogen) atoms.